The zero-order valence-corrected chi connectivity index (χ0v) is 17.7. The molecule has 3 aromatic rings. The summed E-state index contributed by atoms with van der Waals surface area (Å²) in [4.78, 5) is 13.6. The van der Waals surface area contributed by atoms with Crippen molar-refractivity contribution in [2.45, 2.75) is 30.0 Å². The number of para-hydroxylation sites is 1. The Morgan fingerprint density at radius 3 is 2.79 bits per heavy atom. The molecule has 1 aliphatic heterocycles. The molecule has 2 heterocycles. The summed E-state index contributed by atoms with van der Waals surface area (Å²) < 4.78 is 19.9. The van der Waals surface area contributed by atoms with E-state index in [1.807, 2.05) is 30.3 Å². The SMILES string of the molecule is CC1CNCCC1NC(=O)c1oc2ccccc2c1CSc1ccccc1F.Cl. The second kappa shape index (κ2) is 9.65. The molecule has 0 spiro atoms. The van der Waals surface area contributed by atoms with E-state index >= 15 is 0 Å². The summed E-state index contributed by atoms with van der Waals surface area (Å²) in [6, 6.07) is 14.4. The van der Waals surface area contributed by atoms with E-state index in [9.17, 15) is 9.18 Å². The van der Waals surface area contributed by atoms with Crippen LogP contribution in [0.3, 0.4) is 0 Å². The highest BCUT2D eigenvalue weighted by Gasteiger charge is 2.27. The Labute approximate surface area is 180 Å². The van der Waals surface area contributed by atoms with Crippen LogP contribution in [-0.2, 0) is 5.75 Å². The van der Waals surface area contributed by atoms with Gasteiger partial charge in [-0.05, 0) is 43.6 Å². The molecule has 4 rings (SSSR count). The molecule has 0 saturated carbocycles. The van der Waals surface area contributed by atoms with Gasteiger partial charge in [0.2, 0.25) is 0 Å². The first-order valence-electron chi connectivity index (χ1n) is 9.53. The zero-order valence-electron chi connectivity index (χ0n) is 16.1. The lowest BCUT2D eigenvalue weighted by molar-refractivity contribution is 0.0887. The number of thioether (sulfide) groups is 1. The lowest BCUT2D eigenvalue weighted by Crippen LogP contribution is -2.48. The summed E-state index contributed by atoms with van der Waals surface area (Å²) in [5.74, 6) is 0.700. The van der Waals surface area contributed by atoms with E-state index < -0.39 is 0 Å². The summed E-state index contributed by atoms with van der Waals surface area (Å²) in [6.45, 7) is 3.91. The van der Waals surface area contributed by atoms with Gasteiger partial charge in [-0.25, -0.2) is 4.39 Å². The van der Waals surface area contributed by atoms with E-state index in [0.29, 0.717) is 27.9 Å². The molecular formula is C22H24ClFN2O2S. The maximum atomic E-state index is 14.0. The number of carbonyl (C=O) groups is 1. The van der Waals surface area contributed by atoms with E-state index in [1.54, 1.807) is 12.1 Å². The van der Waals surface area contributed by atoms with Gasteiger partial charge in [0.25, 0.3) is 5.91 Å². The minimum absolute atomic E-state index is 0. The van der Waals surface area contributed by atoms with Crippen molar-refractivity contribution in [2.75, 3.05) is 13.1 Å². The van der Waals surface area contributed by atoms with Crippen molar-refractivity contribution in [2.24, 2.45) is 5.92 Å². The van der Waals surface area contributed by atoms with Gasteiger partial charge in [0.1, 0.15) is 11.4 Å². The first kappa shape index (κ1) is 21.7. The predicted molar refractivity (Wildman–Crippen MR) is 117 cm³/mol. The summed E-state index contributed by atoms with van der Waals surface area (Å²) >= 11 is 1.37. The van der Waals surface area contributed by atoms with Crippen LogP contribution in [0.5, 0.6) is 0 Å². The van der Waals surface area contributed by atoms with Crippen LogP contribution in [0.25, 0.3) is 11.0 Å². The number of amides is 1. The number of hydrogen-bond donors (Lipinski definition) is 2. The molecule has 7 heteroatoms. The Morgan fingerprint density at radius 1 is 1.24 bits per heavy atom. The van der Waals surface area contributed by atoms with Crippen LogP contribution in [-0.4, -0.2) is 25.0 Å². The number of fused-ring (bicyclic) bond motifs is 1. The smallest absolute Gasteiger partial charge is 0.287 e. The van der Waals surface area contributed by atoms with E-state index in [2.05, 4.69) is 17.6 Å². The van der Waals surface area contributed by atoms with Crippen molar-refractivity contribution in [3.63, 3.8) is 0 Å². The second-order valence-corrected chi connectivity index (χ2v) is 8.19. The number of piperidine rings is 1. The predicted octanol–water partition coefficient (Wildman–Crippen LogP) is 5.01. The van der Waals surface area contributed by atoms with E-state index in [1.165, 1.54) is 17.8 Å². The summed E-state index contributed by atoms with van der Waals surface area (Å²) in [5.41, 5.74) is 1.48. The van der Waals surface area contributed by atoms with Gasteiger partial charge < -0.3 is 15.1 Å². The first-order chi connectivity index (χ1) is 13.6. The number of hydrogen-bond acceptors (Lipinski definition) is 4. The van der Waals surface area contributed by atoms with Crippen molar-refractivity contribution >= 4 is 41.0 Å². The Balaban J connectivity index is 0.00000240. The van der Waals surface area contributed by atoms with Gasteiger partial charge >= 0.3 is 0 Å². The van der Waals surface area contributed by atoms with Crippen LogP contribution >= 0.6 is 24.2 Å². The molecule has 0 aliphatic carbocycles. The lowest BCUT2D eigenvalue weighted by Gasteiger charge is -2.30. The third kappa shape index (κ3) is 4.77. The molecule has 2 N–H and O–H groups in total. The van der Waals surface area contributed by atoms with Crippen molar-refractivity contribution in [3.8, 4) is 0 Å². The maximum Gasteiger partial charge on any atom is 0.287 e. The Bertz CT molecular complexity index is 994. The molecule has 2 atom stereocenters. The quantitative estimate of drug-likeness (QED) is 0.554. The topological polar surface area (TPSA) is 54.3 Å². The molecule has 1 amide bonds. The van der Waals surface area contributed by atoms with E-state index in [4.69, 9.17) is 4.42 Å². The van der Waals surface area contributed by atoms with Crippen molar-refractivity contribution in [1.82, 2.24) is 10.6 Å². The van der Waals surface area contributed by atoms with Gasteiger partial charge in [-0.15, -0.1) is 24.2 Å². The summed E-state index contributed by atoms with van der Waals surface area (Å²) in [7, 11) is 0. The molecular weight excluding hydrogens is 411 g/mol. The van der Waals surface area contributed by atoms with Gasteiger partial charge in [-0.1, -0.05) is 37.3 Å². The summed E-state index contributed by atoms with van der Waals surface area (Å²) in [5, 5.41) is 7.38. The molecule has 1 aromatic heterocycles. The van der Waals surface area contributed by atoms with E-state index in [-0.39, 0.29) is 30.2 Å². The number of furan rings is 1. The van der Waals surface area contributed by atoms with Crippen LogP contribution in [0.2, 0.25) is 0 Å². The van der Waals surface area contributed by atoms with Gasteiger partial charge in [0.05, 0.1) is 0 Å². The van der Waals surface area contributed by atoms with Crippen LogP contribution in [0.4, 0.5) is 4.39 Å². The molecule has 0 radical (unpaired) electrons. The number of halogens is 2. The monoisotopic (exact) mass is 434 g/mol. The molecule has 1 saturated heterocycles. The van der Waals surface area contributed by atoms with Crippen LogP contribution in [0.15, 0.2) is 57.8 Å². The molecule has 1 fully saturated rings. The minimum atomic E-state index is -0.255. The molecule has 4 nitrogen and oxygen atoms in total. The largest absolute Gasteiger partial charge is 0.451 e. The Morgan fingerprint density at radius 2 is 2.00 bits per heavy atom. The minimum Gasteiger partial charge on any atom is -0.451 e. The molecule has 154 valence electrons. The fourth-order valence-corrected chi connectivity index (χ4v) is 4.57. The number of carbonyl (C=O) groups excluding carboxylic acids is 1. The zero-order chi connectivity index (χ0) is 19.5. The van der Waals surface area contributed by atoms with Crippen LogP contribution < -0.4 is 10.6 Å². The van der Waals surface area contributed by atoms with Gasteiger partial charge in [-0.2, -0.15) is 0 Å². The van der Waals surface area contributed by atoms with Gasteiger partial charge in [0.15, 0.2) is 5.76 Å². The Hall–Kier alpha value is -2.02. The Kier molecular flexibility index (Phi) is 7.22. The first-order valence-corrected chi connectivity index (χ1v) is 10.5. The van der Waals surface area contributed by atoms with Gasteiger partial charge in [-0.3, -0.25) is 4.79 Å². The highest BCUT2D eigenvalue weighted by Crippen LogP contribution is 2.33. The fourth-order valence-electron chi connectivity index (χ4n) is 3.60. The fraction of sp³-hybridized carbons (Fsp3) is 0.318. The average molecular weight is 435 g/mol. The molecule has 2 aromatic carbocycles. The summed E-state index contributed by atoms with van der Waals surface area (Å²) in [6.07, 6.45) is 0.895. The van der Waals surface area contributed by atoms with Crippen molar-refractivity contribution in [3.05, 3.63) is 65.7 Å². The third-order valence-corrected chi connectivity index (χ3v) is 6.29. The highest BCUT2D eigenvalue weighted by atomic mass is 35.5. The highest BCUT2D eigenvalue weighted by molar-refractivity contribution is 7.98. The van der Waals surface area contributed by atoms with E-state index in [0.717, 1.165) is 30.5 Å². The number of benzene rings is 2. The van der Waals surface area contributed by atoms with Crippen LogP contribution in [0.1, 0.15) is 29.5 Å². The normalized spacial score (nSPS) is 19.0. The average Bonchev–Trinajstić information content (AvgIpc) is 3.08. The molecule has 1 aliphatic rings. The maximum absolute atomic E-state index is 14.0. The third-order valence-electron chi connectivity index (χ3n) is 5.21. The van der Waals surface area contributed by atoms with Crippen LogP contribution in [0, 0.1) is 11.7 Å². The standard InChI is InChI=1S/C22H23FN2O2S.ClH/c1-14-12-24-11-10-18(14)25-22(26)21-16(15-6-2-4-8-19(15)27-21)13-28-20-9-5-3-7-17(20)23;/h2-9,14,18,24H,10-13H2,1H3,(H,25,26);1H. The second-order valence-electron chi connectivity index (χ2n) is 7.18. The molecule has 0 bridgehead atoms. The lowest BCUT2D eigenvalue weighted by atomic mass is 9.95. The number of rotatable bonds is 5. The van der Waals surface area contributed by atoms with Crippen molar-refractivity contribution < 1.29 is 13.6 Å². The molecule has 29 heavy (non-hydrogen) atoms. The number of nitrogens with one attached hydrogen (secondary N) is 2. The van der Waals surface area contributed by atoms with Crippen molar-refractivity contribution in [1.29, 1.82) is 0 Å². The van der Waals surface area contributed by atoms with Gasteiger partial charge in [0, 0.05) is 27.6 Å². The molecule has 2 unspecified atom stereocenters.